The average Bonchev–Trinajstić information content (AvgIpc) is 2.87. The van der Waals surface area contributed by atoms with Gasteiger partial charge in [0.05, 0.1) is 0 Å². The lowest BCUT2D eigenvalue weighted by molar-refractivity contribution is 0.705. The molecule has 10 heteroatoms. The lowest BCUT2D eigenvalue weighted by atomic mass is 10.2. The van der Waals surface area contributed by atoms with E-state index in [9.17, 15) is 9.59 Å². The second-order valence-electron chi connectivity index (χ2n) is 7.74. The standard InChI is InChI=1S/C20H27N7O2S/c1-13-12-14(2)22-18(21-13)30-11-10-27-15-16(25(3)20(29)24-17(15)28)23-19(27)26-8-6-4-5-7-9-26/h12H,4-11H2,1-3H3,(H,24,28,29). The van der Waals surface area contributed by atoms with E-state index in [1.54, 1.807) is 18.8 Å². The van der Waals surface area contributed by atoms with Crippen molar-refractivity contribution in [2.45, 2.75) is 51.2 Å². The van der Waals surface area contributed by atoms with E-state index in [-0.39, 0.29) is 0 Å². The zero-order chi connectivity index (χ0) is 21.3. The first-order chi connectivity index (χ1) is 14.4. The number of fused-ring (bicyclic) bond motifs is 1. The van der Waals surface area contributed by atoms with Gasteiger partial charge in [0.1, 0.15) is 0 Å². The van der Waals surface area contributed by atoms with Crippen molar-refractivity contribution in [3.63, 3.8) is 0 Å². The summed E-state index contributed by atoms with van der Waals surface area (Å²) in [6, 6.07) is 1.95. The van der Waals surface area contributed by atoms with Gasteiger partial charge in [0.25, 0.3) is 5.56 Å². The molecule has 0 atom stereocenters. The molecule has 0 spiro atoms. The Balaban J connectivity index is 1.70. The zero-order valence-corrected chi connectivity index (χ0v) is 18.5. The summed E-state index contributed by atoms with van der Waals surface area (Å²) in [7, 11) is 1.64. The Labute approximate surface area is 178 Å². The van der Waals surface area contributed by atoms with Crippen molar-refractivity contribution in [3.8, 4) is 0 Å². The quantitative estimate of drug-likeness (QED) is 0.489. The van der Waals surface area contributed by atoms with Crippen LogP contribution in [-0.2, 0) is 13.6 Å². The van der Waals surface area contributed by atoms with E-state index in [4.69, 9.17) is 4.98 Å². The fraction of sp³-hybridized carbons (Fsp3) is 0.550. The van der Waals surface area contributed by atoms with Crippen molar-refractivity contribution in [1.82, 2.24) is 29.1 Å². The Morgan fingerprint density at radius 3 is 2.37 bits per heavy atom. The third-order valence-corrected chi connectivity index (χ3v) is 6.21. The predicted octanol–water partition coefficient (Wildman–Crippen LogP) is 2.00. The van der Waals surface area contributed by atoms with Crippen LogP contribution < -0.4 is 16.1 Å². The molecule has 1 aliphatic heterocycles. The smallest absolute Gasteiger partial charge is 0.329 e. The van der Waals surface area contributed by atoms with Gasteiger partial charge >= 0.3 is 5.69 Å². The molecule has 4 rings (SSSR count). The van der Waals surface area contributed by atoms with E-state index in [1.165, 1.54) is 17.4 Å². The average molecular weight is 430 g/mol. The molecular weight excluding hydrogens is 402 g/mol. The van der Waals surface area contributed by atoms with Crippen molar-refractivity contribution in [1.29, 1.82) is 0 Å². The Bertz CT molecular complexity index is 1150. The Hall–Kier alpha value is -2.62. The minimum atomic E-state index is -0.447. The maximum Gasteiger partial charge on any atom is 0.329 e. The molecule has 9 nitrogen and oxygen atoms in total. The minimum Gasteiger partial charge on any atom is -0.342 e. The van der Waals surface area contributed by atoms with Crippen LogP contribution in [0.15, 0.2) is 20.8 Å². The Kier molecular flexibility index (Phi) is 5.94. The highest BCUT2D eigenvalue weighted by Gasteiger charge is 2.22. The third kappa shape index (κ3) is 4.14. The number of nitrogens with one attached hydrogen (secondary N) is 1. The van der Waals surface area contributed by atoms with Crippen molar-refractivity contribution in [2.75, 3.05) is 23.7 Å². The Morgan fingerprint density at radius 2 is 1.70 bits per heavy atom. The van der Waals surface area contributed by atoms with Gasteiger partial charge < -0.3 is 9.47 Å². The molecular formula is C20H27N7O2S. The summed E-state index contributed by atoms with van der Waals surface area (Å²) in [6.07, 6.45) is 4.61. The van der Waals surface area contributed by atoms with Crippen LogP contribution in [0.25, 0.3) is 11.2 Å². The van der Waals surface area contributed by atoms with Crippen molar-refractivity contribution >= 4 is 28.9 Å². The summed E-state index contributed by atoms with van der Waals surface area (Å²) in [5.74, 6) is 1.46. The van der Waals surface area contributed by atoms with Crippen molar-refractivity contribution in [3.05, 3.63) is 38.3 Å². The molecule has 1 fully saturated rings. The molecule has 160 valence electrons. The molecule has 1 aliphatic rings. The highest BCUT2D eigenvalue weighted by molar-refractivity contribution is 7.99. The second-order valence-corrected chi connectivity index (χ2v) is 8.80. The van der Waals surface area contributed by atoms with Gasteiger partial charge in [0, 0.05) is 43.8 Å². The molecule has 0 unspecified atom stereocenters. The molecule has 0 radical (unpaired) electrons. The largest absolute Gasteiger partial charge is 0.342 e. The fourth-order valence-corrected chi connectivity index (χ4v) is 4.81. The normalized spacial score (nSPS) is 15.0. The highest BCUT2D eigenvalue weighted by atomic mass is 32.2. The highest BCUT2D eigenvalue weighted by Crippen LogP contribution is 2.24. The first-order valence-electron chi connectivity index (χ1n) is 10.3. The topological polar surface area (TPSA) is 102 Å². The van der Waals surface area contributed by atoms with Crippen LogP contribution in [0, 0.1) is 13.8 Å². The van der Waals surface area contributed by atoms with E-state index >= 15 is 0 Å². The first kappa shape index (κ1) is 20.6. The van der Waals surface area contributed by atoms with E-state index in [0.717, 1.165) is 48.4 Å². The molecule has 0 amide bonds. The van der Waals surface area contributed by atoms with Crippen LogP contribution in [0.1, 0.15) is 37.1 Å². The van der Waals surface area contributed by atoms with Crippen LogP contribution in [0.4, 0.5) is 5.95 Å². The lowest BCUT2D eigenvalue weighted by Gasteiger charge is -2.22. The summed E-state index contributed by atoms with van der Waals surface area (Å²) >= 11 is 1.56. The molecule has 1 N–H and O–H groups in total. The molecule has 0 saturated carbocycles. The van der Waals surface area contributed by atoms with Gasteiger partial charge in [-0.25, -0.2) is 14.8 Å². The van der Waals surface area contributed by atoms with Crippen LogP contribution >= 0.6 is 11.8 Å². The van der Waals surface area contributed by atoms with Gasteiger partial charge in [-0.3, -0.25) is 14.3 Å². The summed E-state index contributed by atoms with van der Waals surface area (Å²) in [5, 5.41) is 0.731. The van der Waals surface area contributed by atoms with Crippen molar-refractivity contribution < 1.29 is 0 Å². The number of hydrogen-bond donors (Lipinski definition) is 1. The van der Waals surface area contributed by atoms with Gasteiger partial charge in [0.2, 0.25) is 5.95 Å². The van der Waals surface area contributed by atoms with Crippen molar-refractivity contribution in [2.24, 2.45) is 7.05 Å². The fourth-order valence-electron chi connectivity index (χ4n) is 3.93. The van der Waals surface area contributed by atoms with Crippen LogP contribution in [-0.4, -0.2) is 47.9 Å². The van der Waals surface area contributed by atoms with Crippen LogP contribution in [0.3, 0.4) is 0 Å². The minimum absolute atomic E-state index is 0.394. The predicted molar refractivity (Wildman–Crippen MR) is 119 cm³/mol. The summed E-state index contributed by atoms with van der Waals surface area (Å²) in [5.41, 5.74) is 1.91. The number of hydrogen-bond acceptors (Lipinski definition) is 7. The van der Waals surface area contributed by atoms with E-state index < -0.39 is 11.2 Å². The number of imidazole rings is 1. The van der Waals surface area contributed by atoms with Gasteiger partial charge in [-0.15, -0.1) is 0 Å². The molecule has 0 aromatic carbocycles. The third-order valence-electron chi connectivity index (χ3n) is 5.38. The molecule has 0 bridgehead atoms. The summed E-state index contributed by atoms with van der Waals surface area (Å²) in [4.78, 5) is 43.1. The maximum absolute atomic E-state index is 12.7. The summed E-state index contributed by atoms with van der Waals surface area (Å²) in [6.45, 7) is 6.30. The molecule has 0 aliphatic carbocycles. The maximum atomic E-state index is 12.7. The molecule has 30 heavy (non-hydrogen) atoms. The number of thioether (sulfide) groups is 1. The van der Waals surface area contributed by atoms with Gasteiger partial charge in [-0.1, -0.05) is 24.6 Å². The number of aryl methyl sites for hydroxylation is 4. The van der Waals surface area contributed by atoms with E-state index in [1.807, 2.05) is 24.5 Å². The second kappa shape index (κ2) is 8.63. The van der Waals surface area contributed by atoms with E-state index in [0.29, 0.717) is 23.5 Å². The first-order valence-corrected chi connectivity index (χ1v) is 11.3. The summed E-state index contributed by atoms with van der Waals surface area (Å²) < 4.78 is 3.36. The van der Waals surface area contributed by atoms with Crippen LogP contribution in [0.2, 0.25) is 0 Å². The van der Waals surface area contributed by atoms with E-state index in [2.05, 4.69) is 19.9 Å². The van der Waals surface area contributed by atoms with Gasteiger partial charge in [-0.2, -0.15) is 4.98 Å². The monoisotopic (exact) mass is 429 g/mol. The van der Waals surface area contributed by atoms with Gasteiger partial charge in [0.15, 0.2) is 16.3 Å². The number of rotatable bonds is 5. The number of nitrogens with zero attached hydrogens (tertiary/aromatic N) is 6. The molecule has 4 heterocycles. The number of anilines is 1. The number of aromatic amines is 1. The van der Waals surface area contributed by atoms with Gasteiger partial charge in [-0.05, 0) is 32.8 Å². The molecule has 1 saturated heterocycles. The molecule has 3 aromatic rings. The SMILES string of the molecule is Cc1cc(C)nc(SCCn2c(N3CCCCCC3)nc3c2c(=O)[nH]c(=O)n3C)n1. The molecule has 3 aromatic heterocycles. The Morgan fingerprint density at radius 1 is 1.03 bits per heavy atom. The van der Waals surface area contributed by atoms with Crippen LogP contribution in [0.5, 0.6) is 0 Å². The lowest BCUT2D eigenvalue weighted by Crippen LogP contribution is -2.30. The number of H-pyrrole nitrogens is 1. The number of aromatic nitrogens is 6. The zero-order valence-electron chi connectivity index (χ0n) is 17.6.